The van der Waals surface area contributed by atoms with Gasteiger partial charge in [-0.3, -0.25) is 14.2 Å². The van der Waals surface area contributed by atoms with Crippen molar-refractivity contribution in [2.24, 2.45) is 5.41 Å². The highest BCUT2D eigenvalue weighted by Crippen LogP contribution is 2.30. The summed E-state index contributed by atoms with van der Waals surface area (Å²) in [5.74, 6) is -0.361. The maximum Gasteiger partial charge on any atom is 0.338 e. The number of carboxylic acid groups (broad SMARTS) is 1. The van der Waals surface area contributed by atoms with Crippen LogP contribution < -0.4 is 10.1 Å². The summed E-state index contributed by atoms with van der Waals surface area (Å²) in [7, 11) is 4.14. The first kappa shape index (κ1) is 37.2. The summed E-state index contributed by atoms with van der Waals surface area (Å²) in [5, 5.41) is 20.9. The molecule has 0 aliphatic heterocycles. The molecule has 3 aromatic carbocycles. The first-order valence-corrected chi connectivity index (χ1v) is 17.5. The minimum absolute atomic E-state index is 0.0241. The summed E-state index contributed by atoms with van der Waals surface area (Å²) >= 11 is 0. The average molecular weight is 725 g/mol. The van der Waals surface area contributed by atoms with Crippen LogP contribution in [0.4, 0.5) is 5.69 Å². The van der Waals surface area contributed by atoms with Gasteiger partial charge in [-0.25, -0.2) is 9.78 Å². The van der Waals surface area contributed by atoms with Gasteiger partial charge in [-0.05, 0) is 49.0 Å². The maximum absolute atomic E-state index is 13.0. The fourth-order valence-corrected chi connectivity index (χ4v) is 6.07. The molecular formula is C42H44N8O4. The molecular weight excluding hydrogens is 681 g/mol. The highest BCUT2D eigenvalue weighted by atomic mass is 16.5. The molecule has 4 aromatic heterocycles. The number of carbonyl (C=O) groups excluding carboxylic acids is 1. The minimum atomic E-state index is -0.950. The van der Waals surface area contributed by atoms with Crippen LogP contribution in [-0.2, 0) is 13.1 Å². The van der Waals surface area contributed by atoms with E-state index in [4.69, 9.17) is 9.84 Å². The van der Waals surface area contributed by atoms with Gasteiger partial charge in [0.25, 0.3) is 5.91 Å². The van der Waals surface area contributed by atoms with Crippen LogP contribution in [0.25, 0.3) is 22.2 Å². The smallest absolute Gasteiger partial charge is 0.338 e. The number of benzene rings is 3. The fraction of sp³-hybridized carbons (Fsp3) is 0.214. The van der Waals surface area contributed by atoms with Crippen LogP contribution in [0.2, 0.25) is 0 Å². The van der Waals surface area contributed by atoms with E-state index in [1.165, 1.54) is 12.4 Å². The van der Waals surface area contributed by atoms with Crippen LogP contribution in [0.15, 0.2) is 128 Å². The van der Waals surface area contributed by atoms with Crippen molar-refractivity contribution in [3.8, 4) is 16.9 Å². The summed E-state index contributed by atoms with van der Waals surface area (Å²) in [5.41, 5.74) is 6.24. The maximum atomic E-state index is 13.0. The van der Waals surface area contributed by atoms with Gasteiger partial charge in [0.1, 0.15) is 11.4 Å². The lowest BCUT2D eigenvalue weighted by Gasteiger charge is -2.28. The first-order chi connectivity index (χ1) is 26.0. The molecule has 276 valence electrons. The third kappa shape index (κ3) is 10.1. The zero-order valence-corrected chi connectivity index (χ0v) is 30.8. The molecule has 0 aliphatic rings. The van der Waals surface area contributed by atoms with Gasteiger partial charge in [-0.15, -0.1) is 0 Å². The van der Waals surface area contributed by atoms with Gasteiger partial charge in [-0.2, -0.15) is 10.2 Å². The largest absolute Gasteiger partial charge is 0.493 e. The van der Waals surface area contributed by atoms with E-state index in [2.05, 4.69) is 58.3 Å². The molecule has 0 bridgehead atoms. The Hall–Kier alpha value is -6.53. The van der Waals surface area contributed by atoms with Crippen molar-refractivity contribution >= 4 is 28.6 Å². The number of carboxylic acids is 1. The summed E-state index contributed by atoms with van der Waals surface area (Å²) in [6.07, 6.45) is 9.81. The molecule has 0 aliphatic carbocycles. The molecule has 0 fully saturated rings. The minimum Gasteiger partial charge on any atom is -0.493 e. The Bertz CT molecular complexity index is 2310. The molecule has 54 heavy (non-hydrogen) atoms. The van der Waals surface area contributed by atoms with Crippen molar-refractivity contribution in [1.82, 2.24) is 34.4 Å². The number of pyridine rings is 1. The molecule has 4 heterocycles. The first-order valence-electron chi connectivity index (χ1n) is 17.5. The number of aromatic amines is 1. The van der Waals surface area contributed by atoms with Crippen molar-refractivity contribution in [1.29, 1.82) is 0 Å². The van der Waals surface area contributed by atoms with E-state index in [1.807, 2.05) is 97.2 Å². The van der Waals surface area contributed by atoms with Gasteiger partial charge in [0.15, 0.2) is 0 Å². The van der Waals surface area contributed by atoms with Gasteiger partial charge in [0, 0.05) is 47.7 Å². The van der Waals surface area contributed by atoms with E-state index in [1.54, 1.807) is 28.0 Å². The van der Waals surface area contributed by atoms with Gasteiger partial charge >= 0.3 is 5.97 Å². The molecule has 12 heteroatoms. The Morgan fingerprint density at radius 1 is 0.815 bits per heavy atom. The number of ether oxygens (including phenoxy) is 1. The lowest BCUT2D eigenvalue weighted by Crippen LogP contribution is -2.33. The van der Waals surface area contributed by atoms with Crippen molar-refractivity contribution in [3.05, 3.63) is 150 Å². The van der Waals surface area contributed by atoms with Crippen LogP contribution in [0.1, 0.15) is 45.7 Å². The fourth-order valence-electron chi connectivity index (χ4n) is 6.07. The van der Waals surface area contributed by atoms with Crippen LogP contribution in [0, 0.1) is 5.41 Å². The molecule has 3 N–H and O–H groups in total. The van der Waals surface area contributed by atoms with Crippen LogP contribution in [-0.4, -0.2) is 78.7 Å². The SMILES string of the molecule is CN(C)CC(C)(C)COc1cccc(-c2cnc3[nH]cc(NC(=O)c4cnn(Cc5ccccc5)c4)c3c2)c1.O=C(O)c1cnn(Cc2ccccc2)c1. The normalized spacial score (nSPS) is 11.3. The quantitative estimate of drug-likeness (QED) is 0.112. The Labute approximate surface area is 314 Å². The number of aromatic nitrogens is 6. The summed E-state index contributed by atoms with van der Waals surface area (Å²) in [6.45, 7) is 7.14. The zero-order valence-electron chi connectivity index (χ0n) is 30.8. The second kappa shape index (κ2) is 16.9. The number of nitrogens with zero attached hydrogens (tertiary/aromatic N) is 6. The molecule has 12 nitrogen and oxygen atoms in total. The highest BCUT2D eigenvalue weighted by Gasteiger charge is 2.20. The number of carbonyl (C=O) groups is 2. The predicted octanol–water partition coefficient (Wildman–Crippen LogP) is 7.32. The Morgan fingerprint density at radius 3 is 2.06 bits per heavy atom. The lowest BCUT2D eigenvalue weighted by molar-refractivity contribution is 0.0696. The van der Waals surface area contributed by atoms with Gasteiger partial charge in [0.2, 0.25) is 0 Å². The third-order valence-corrected chi connectivity index (χ3v) is 8.47. The van der Waals surface area contributed by atoms with Gasteiger partial charge < -0.3 is 25.0 Å². The number of hydrogen-bond acceptors (Lipinski definition) is 7. The Balaban J connectivity index is 0.000000276. The van der Waals surface area contributed by atoms with E-state index in [0.29, 0.717) is 36.6 Å². The number of nitrogens with one attached hydrogen (secondary N) is 2. The average Bonchev–Trinajstić information content (AvgIpc) is 3.92. The molecule has 0 saturated heterocycles. The molecule has 0 spiro atoms. The number of rotatable bonds is 13. The molecule has 0 unspecified atom stereocenters. The number of hydrogen-bond donors (Lipinski definition) is 3. The van der Waals surface area contributed by atoms with E-state index in [0.717, 1.165) is 39.9 Å². The van der Waals surface area contributed by atoms with E-state index in [-0.39, 0.29) is 16.9 Å². The van der Waals surface area contributed by atoms with Crippen LogP contribution in [0.5, 0.6) is 5.75 Å². The number of amides is 1. The number of aromatic carboxylic acids is 1. The number of H-pyrrole nitrogens is 1. The number of fused-ring (bicyclic) bond motifs is 1. The van der Waals surface area contributed by atoms with Crippen LogP contribution >= 0.6 is 0 Å². The van der Waals surface area contributed by atoms with Crippen LogP contribution in [0.3, 0.4) is 0 Å². The van der Waals surface area contributed by atoms with Crippen molar-refractivity contribution < 1.29 is 19.4 Å². The van der Waals surface area contributed by atoms with Crippen molar-refractivity contribution in [2.75, 3.05) is 32.6 Å². The Kier molecular flexibility index (Phi) is 11.6. The Morgan fingerprint density at radius 2 is 1.44 bits per heavy atom. The predicted molar refractivity (Wildman–Crippen MR) is 210 cm³/mol. The molecule has 1 amide bonds. The second-order valence-corrected chi connectivity index (χ2v) is 14.1. The van der Waals surface area contributed by atoms with Gasteiger partial charge in [0.05, 0.1) is 48.9 Å². The van der Waals surface area contributed by atoms with Crippen molar-refractivity contribution in [2.45, 2.75) is 26.9 Å². The zero-order chi connectivity index (χ0) is 38.1. The number of anilines is 1. The second-order valence-electron chi connectivity index (χ2n) is 14.1. The molecule has 0 atom stereocenters. The summed E-state index contributed by atoms with van der Waals surface area (Å²) in [4.78, 5) is 33.5. The van der Waals surface area contributed by atoms with E-state index < -0.39 is 5.97 Å². The van der Waals surface area contributed by atoms with Gasteiger partial charge in [-0.1, -0.05) is 86.6 Å². The standard InChI is InChI=1S/C31H34N6O2.C11H10N2O2/c1-31(2,20-36(3)4)21-39-26-12-8-11-23(13-26)24-14-27-28(17-33-29(27)32-15-24)35-30(38)25-16-34-37(19-25)18-22-9-6-5-7-10-22;14-11(15)10-6-12-13(8-10)7-9-4-2-1-3-5-9/h5-17,19H,18,20-21H2,1-4H3,(H,32,33)(H,35,38);1-6,8H,7H2,(H,14,15). The molecule has 7 rings (SSSR count). The monoisotopic (exact) mass is 724 g/mol. The summed E-state index contributed by atoms with van der Waals surface area (Å²) in [6, 6.07) is 29.8. The molecule has 0 saturated carbocycles. The topological polar surface area (TPSA) is 143 Å². The highest BCUT2D eigenvalue weighted by molar-refractivity contribution is 6.08. The molecule has 0 radical (unpaired) electrons. The van der Waals surface area contributed by atoms with E-state index >= 15 is 0 Å². The lowest BCUT2D eigenvalue weighted by atomic mass is 9.94. The third-order valence-electron chi connectivity index (χ3n) is 8.47. The molecule has 7 aromatic rings. The van der Waals surface area contributed by atoms with Crippen molar-refractivity contribution in [3.63, 3.8) is 0 Å². The van der Waals surface area contributed by atoms with E-state index in [9.17, 15) is 9.59 Å². The summed E-state index contributed by atoms with van der Waals surface area (Å²) < 4.78 is 9.52.